The first kappa shape index (κ1) is 11.1. The lowest BCUT2D eigenvalue weighted by molar-refractivity contribution is 0.103. The molecule has 1 aromatic carbocycles. The third-order valence-electron chi connectivity index (χ3n) is 3.31. The van der Waals surface area contributed by atoms with Gasteiger partial charge in [0.25, 0.3) is 0 Å². The van der Waals surface area contributed by atoms with Crippen LogP contribution in [0.1, 0.15) is 27.0 Å². The molecular formula is C15H14N2O. The van der Waals surface area contributed by atoms with E-state index in [-0.39, 0.29) is 5.78 Å². The highest BCUT2D eigenvalue weighted by molar-refractivity contribution is 6.09. The average Bonchev–Trinajstić information content (AvgIpc) is 2.47. The molecule has 0 unspecified atom stereocenters. The molecule has 3 nitrogen and oxygen atoms in total. The number of fused-ring (bicyclic) bond motifs is 1. The maximum absolute atomic E-state index is 12.5. The minimum atomic E-state index is 0.0712. The van der Waals surface area contributed by atoms with Crippen LogP contribution >= 0.6 is 0 Å². The van der Waals surface area contributed by atoms with E-state index in [1.54, 1.807) is 18.5 Å². The molecule has 0 atom stereocenters. The molecule has 0 radical (unpaired) electrons. The van der Waals surface area contributed by atoms with E-state index in [0.29, 0.717) is 5.56 Å². The van der Waals surface area contributed by atoms with Crippen LogP contribution < -0.4 is 5.32 Å². The molecule has 3 rings (SSSR count). The Kier molecular flexibility index (Phi) is 2.90. The van der Waals surface area contributed by atoms with Gasteiger partial charge in [0.2, 0.25) is 0 Å². The fourth-order valence-electron chi connectivity index (χ4n) is 2.40. The molecule has 0 aliphatic carbocycles. The number of hydrogen-bond donors (Lipinski definition) is 1. The first-order valence-electron chi connectivity index (χ1n) is 6.12. The molecule has 0 fully saturated rings. The van der Waals surface area contributed by atoms with E-state index in [1.807, 2.05) is 18.2 Å². The highest BCUT2D eigenvalue weighted by Crippen LogP contribution is 2.21. The summed E-state index contributed by atoms with van der Waals surface area (Å²) in [5.41, 5.74) is 3.90. The van der Waals surface area contributed by atoms with Crippen molar-refractivity contribution in [1.82, 2.24) is 10.3 Å². The number of aromatic nitrogens is 1. The summed E-state index contributed by atoms with van der Waals surface area (Å²) in [4.78, 5) is 16.5. The van der Waals surface area contributed by atoms with Gasteiger partial charge in [0.1, 0.15) is 0 Å². The summed E-state index contributed by atoms with van der Waals surface area (Å²) in [6.45, 7) is 1.79. The molecule has 1 N–H and O–H groups in total. The summed E-state index contributed by atoms with van der Waals surface area (Å²) < 4.78 is 0. The number of nitrogens with zero attached hydrogens (tertiary/aromatic N) is 1. The lowest BCUT2D eigenvalue weighted by Crippen LogP contribution is -2.25. The van der Waals surface area contributed by atoms with Gasteiger partial charge >= 0.3 is 0 Å². The molecule has 0 saturated carbocycles. The van der Waals surface area contributed by atoms with Crippen LogP contribution in [0.3, 0.4) is 0 Å². The number of rotatable bonds is 2. The molecule has 1 aromatic heterocycles. The topological polar surface area (TPSA) is 42.0 Å². The third kappa shape index (κ3) is 1.93. The predicted octanol–water partition coefficient (Wildman–Crippen LogP) is 1.96. The lowest BCUT2D eigenvalue weighted by atomic mass is 9.91. The van der Waals surface area contributed by atoms with Gasteiger partial charge in [0.15, 0.2) is 5.78 Å². The molecule has 90 valence electrons. The highest BCUT2D eigenvalue weighted by Gasteiger charge is 2.18. The van der Waals surface area contributed by atoms with E-state index in [9.17, 15) is 4.79 Å². The molecule has 0 bridgehead atoms. The number of hydrogen-bond acceptors (Lipinski definition) is 3. The third-order valence-corrected chi connectivity index (χ3v) is 3.31. The van der Waals surface area contributed by atoms with E-state index in [4.69, 9.17) is 0 Å². The van der Waals surface area contributed by atoms with Crippen LogP contribution in [0.15, 0.2) is 42.7 Å². The number of ketones is 1. The normalized spacial score (nSPS) is 14.0. The molecule has 2 aromatic rings. The van der Waals surface area contributed by atoms with Crippen LogP contribution in [0.25, 0.3) is 0 Å². The van der Waals surface area contributed by atoms with E-state index < -0.39 is 0 Å². The Morgan fingerprint density at radius 1 is 1.22 bits per heavy atom. The Morgan fingerprint density at radius 3 is 3.00 bits per heavy atom. The molecule has 0 saturated heterocycles. The van der Waals surface area contributed by atoms with Gasteiger partial charge in [0, 0.05) is 30.1 Å². The zero-order valence-electron chi connectivity index (χ0n) is 10.0. The van der Waals surface area contributed by atoms with Crippen LogP contribution in [0.5, 0.6) is 0 Å². The number of carbonyl (C=O) groups is 1. The highest BCUT2D eigenvalue weighted by atomic mass is 16.1. The van der Waals surface area contributed by atoms with Gasteiger partial charge < -0.3 is 5.32 Å². The second-order valence-electron chi connectivity index (χ2n) is 4.44. The number of nitrogens with one attached hydrogen (secondary N) is 1. The Morgan fingerprint density at radius 2 is 2.17 bits per heavy atom. The molecule has 3 heteroatoms. The minimum absolute atomic E-state index is 0.0712. The standard InChI is InChI=1S/C15H14N2O/c18-15(12-4-2-7-16-10-12)14-5-1-3-11-9-17-8-6-13(11)14/h1-5,7,10,17H,6,8-9H2. The fraction of sp³-hybridized carbons (Fsp3) is 0.200. The second-order valence-corrected chi connectivity index (χ2v) is 4.44. The number of pyridine rings is 1. The largest absolute Gasteiger partial charge is 0.312 e. The van der Waals surface area contributed by atoms with E-state index in [2.05, 4.69) is 16.4 Å². The lowest BCUT2D eigenvalue weighted by Gasteiger charge is -2.19. The van der Waals surface area contributed by atoms with Crippen molar-refractivity contribution < 1.29 is 4.79 Å². The predicted molar refractivity (Wildman–Crippen MR) is 69.5 cm³/mol. The molecular weight excluding hydrogens is 224 g/mol. The smallest absolute Gasteiger partial charge is 0.194 e. The van der Waals surface area contributed by atoms with Crippen molar-refractivity contribution >= 4 is 5.78 Å². The first-order valence-corrected chi connectivity index (χ1v) is 6.12. The van der Waals surface area contributed by atoms with Crippen LogP contribution in [0, 0.1) is 0 Å². The molecule has 0 amide bonds. The van der Waals surface area contributed by atoms with Gasteiger partial charge in [-0.2, -0.15) is 0 Å². The Balaban J connectivity index is 2.05. The van der Waals surface area contributed by atoms with Crippen LogP contribution in [0.4, 0.5) is 0 Å². The zero-order chi connectivity index (χ0) is 12.4. The van der Waals surface area contributed by atoms with Crippen molar-refractivity contribution in [2.24, 2.45) is 0 Å². The molecule has 18 heavy (non-hydrogen) atoms. The van der Waals surface area contributed by atoms with Gasteiger partial charge in [-0.3, -0.25) is 9.78 Å². The van der Waals surface area contributed by atoms with Crippen LogP contribution in [-0.2, 0) is 13.0 Å². The summed E-state index contributed by atoms with van der Waals surface area (Å²) in [5.74, 6) is 0.0712. The van der Waals surface area contributed by atoms with Gasteiger partial charge in [-0.05, 0) is 36.2 Å². The maximum Gasteiger partial charge on any atom is 0.194 e. The summed E-state index contributed by atoms with van der Waals surface area (Å²) in [7, 11) is 0. The average molecular weight is 238 g/mol. The van der Waals surface area contributed by atoms with Crippen LogP contribution in [-0.4, -0.2) is 17.3 Å². The fourth-order valence-corrected chi connectivity index (χ4v) is 2.40. The van der Waals surface area contributed by atoms with E-state index in [1.165, 1.54) is 11.1 Å². The summed E-state index contributed by atoms with van der Waals surface area (Å²) in [6, 6.07) is 9.57. The van der Waals surface area contributed by atoms with Crippen molar-refractivity contribution in [2.45, 2.75) is 13.0 Å². The summed E-state index contributed by atoms with van der Waals surface area (Å²) >= 11 is 0. The molecule has 1 aliphatic heterocycles. The van der Waals surface area contributed by atoms with E-state index >= 15 is 0 Å². The van der Waals surface area contributed by atoms with Crippen LogP contribution in [0.2, 0.25) is 0 Å². The van der Waals surface area contributed by atoms with Crippen molar-refractivity contribution in [3.8, 4) is 0 Å². The van der Waals surface area contributed by atoms with Crippen molar-refractivity contribution in [2.75, 3.05) is 6.54 Å². The van der Waals surface area contributed by atoms with Crippen molar-refractivity contribution in [3.05, 3.63) is 65.0 Å². The summed E-state index contributed by atoms with van der Waals surface area (Å²) in [6.07, 6.45) is 4.22. The Hall–Kier alpha value is -2.00. The monoisotopic (exact) mass is 238 g/mol. The number of carbonyl (C=O) groups excluding carboxylic acids is 1. The van der Waals surface area contributed by atoms with Gasteiger partial charge in [-0.25, -0.2) is 0 Å². The first-order chi connectivity index (χ1) is 8.86. The summed E-state index contributed by atoms with van der Waals surface area (Å²) in [5, 5.41) is 3.32. The minimum Gasteiger partial charge on any atom is -0.312 e. The van der Waals surface area contributed by atoms with Gasteiger partial charge in [-0.1, -0.05) is 18.2 Å². The Labute approximate surface area is 106 Å². The van der Waals surface area contributed by atoms with E-state index in [0.717, 1.165) is 25.1 Å². The SMILES string of the molecule is O=C(c1cccnc1)c1cccc2c1CCNC2. The number of benzene rings is 1. The molecule has 1 aliphatic rings. The van der Waals surface area contributed by atoms with Crippen molar-refractivity contribution in [3.63, 3.8) is 0 Å². The Bertz CT molecular complexity index is 578. The van der Waals surface area contributed by atoms with Gasteiger partial charge in [0.05, 0.1) is 0 Å². The van der Waals surface area contributed by atoms with Crippen molar-refractivity contribution in [1.29, 1.82) is 0 Å². The van der Waals surface area contributed by atoms with Gasteiger partial charge in [-0.15, -0.1) is 0 Å². The second kappa shape index (κ2) is 4.70. The molecule has 0 spiro atoms. The maximum atomic E-state index is 12.5. The quantitative estimate of drug-likeness (QED) is 0.813. The molecule has 2 heterocycles. The zero-order valence-corrected chi connectivity index (χ0v) is 10.0.